The van der Waals surface area contributed by atoms with Gasteiger partial charge in [0.15, 0.2) is 11.5 Å². The van der Waals surface area contributed by atoms with E-state index in [0.717, 1.165) is 5.56 Å². The topological polar surface area (TPSA) is 73.9 Å². The fourth-order valence-corrected chi connectivity index (χ4v) is 2.01. The molecule has 5 nitrogen and oxygen atoms in total. The Morgan fingerprint density at radius 2 is 1.43 bits per heavy atom. The van der Waals surface area contributed by atoms with E-state index in [2.05, 4.69) is 0 Å². The Kier molecular flexibility index (Phi) is 7.30. The summed E-state index contributed by atoms with van der Waals surface area (Å²) >= 11 is 0. The number of ether oxygens (including phenoxy) is 3. The van der Waals surface area contributed by atoms with Gasteiger partial charge in [0, 0.05) is 0 Å². The zero-order valence-electron chi connectivity index (χ0n) is 13.5. The standard InChI is InChI=1S/C15H25NO4.ClH/c1-15(2,3)14(17)12(16)9-7-10(18-4)13(20-6)11(8-9)19-5;/h7-8,12,14,17H,16H2,1-6H3;1H/t12-,14-;/m0./s1. The molecule has 0 aliphatic rings. The molecule has 0 bridgehead atoms. The third kappa shape index (κ3) is 4.40. The molecule has 1 aromatic rings. The molecule has 0 aromatic heterocycles. The van der Waals surface area contributed by atoms with Gasteiger partial charge in [-0.25, -0.2) is 0 Å². The Bertz CT molecular complexity index is 434. The van der Waals surface area contributed by atoms with Crippen LogP contribution in [0.4, 0.5) is 0 Å². The molecule has 0 spiro atoms. The minimum atomic E-state index is -0.690. The van der Waals surface area contributed by atoms with Gasteiger partial charge in [-0.1, -0.05) is 20.8 Å². The molecule has 0 saturated carbocycles. The first kappa shape index (κ1) is 19.8. The number of rotatable bonds is 5. The first-order valence-electron chi connectivity index (χ1n) is 6.49. The number of hydrogen-bond donors (Lipinski definition) is 2. The summed E-state index contributed by atoms with van der Waals surface area (Å²) in [5.41, 5.74) is 6.58. The highest BCUT2D eigenvalue weighted by atomic mass is 35.5. The van der Waals surface area contributed by atoms with E-state index in [1.807, 2.05) is 20.8 Å². The minimum Gasteiger partial charge on any atom is -0.493 e. The van der Waals surface area contributed by atoms with E-state index in [1.54, 1.807) is 33.5 Å². The smallest absolute Gasteiger partial charge is 0.203 e. The van der Waals surface area contributed by atoms with Crippen LogP contribution >= 0.6 is 12.4 Å². The van der Waals surface area contributed by atoms with Crippen LogP contribution in [-0.4, -0.2) is 32.5 Å². The normalized spacial score (nSPS) is 13.9. The van der Waals surface area contributed by atoms with E-state index in [4.69, 9.17) is 19.9 Å². The highest BCUT2D eigenvalue weighted by molar-refractivity contribution is 5.85. The Morgan fingerprint density at radius 1 is 1.00 bits per heavy atom. The van der Waals surface area contributed by atoms with Crippen LogP contribution in [-0.2, 0) is 0 Å². The fraction of sp³-hybridized carbons (Fsp3) is 0.600. The third-order valence-electron chi connectivity index (χ3n) is 3.30. The number of benzene rings is 1. The number of methoxy groups -OCH3 is 3. The summed E-state index contributed by atoms with van der Waals surface area (Å²) in [6.45, 7) is 5.82. The summed E-state index contributed by atoms with van der Waals surface area (Å²) in [5.74, 6) is 1.56. The Labute approximate surface area is 132 Å². The maximum atomic E-state index is 10.3. The molecule has 0 amide bonds. The van der Waals surface area contributed by atoms with Crippen molar-refractivity contribution in [3.05, 3.63) is 17.7 Å². The lowest BCUT2D eigenvalue weighted by Gasteiger charge is -2.31. The van der Waals surface area contributed by atoms with E-state index in [1.165, 1.54) is 0 Å². The number of halogens is 1. The molecular weight excluding hydrogens is 294 g/mol. The largest absolute Gasteiger partial charge is 0.493 e. The second-order valence-electron chi connectivity index (χ2n) is 5.80. The number of aliphatic hydroxyl groups is 1. The molecule has 0 unspecified atom stereocenters. The monoisotopic (exact) mass is 319 g/mol. The summed E-state index contributed by atoms with van der Waals surface area (Å²) in [7, 11) is 4.64. The zero-order chi connectivity index (χ0) is 15.5. The molecule has 3 N–H and O–H groups in total. The van der Waals surface area contributed by atoms with Crippen LogP contribution in [0, 0.1) is 5.41 Å². The van der Waals surface area contributed by atoms with Gasteiger partial charge in [0.1, 0.15) is 0 Å². The first-order valence-corrected chi connectivity index (χ1v) is 6.49. The molecule has 1 rings (SSSR count). The molecule has 2 atom stereocenters. The van der Waals surface area contributed by atoms with Crippen LogP contribution < -0.4 is 19.9 Å². The molecule has 0 aliphatic carbocycles. The average molecular weight is 320 g/mol. The molecular formula is C15H26ClNO4. The Morgan fingerprint density at radius 3 is 1.71 bits per heavy atom. The summed E-state index contributed by atoms with van der Waals surface area (Å²) < 4.78 is 15.9. The van der Waals surface area contributed by atoms with E-state index in [9.17, 15) is 5.11 Å². The van der Waals surface area contributed by atoms with E-state index >= 15 is 0 Å². The average Bonchev–Trinajstić information content (AvgIpc) is 2.42. The van der Waals surface area contributed by atoms with Gasteiger partial charge in [-0.15, -0.1) is 12.4 Å². The number of hydrogen-bond acceptors (Lipinski definition) is 5. The molecule has 0 radical (unpaired) electrons. The highest BCUT2D eigenvalue weighted by Crippen LogP contribution is 2.41. The van der Waals surface area contributed by atoms with Gasteiger partial charge in [0.2, 0.25) is 5.75 Å². The number of aliphatic hydroxyl groups excluding tert-OH is 1. The zero-order valence-corrected chi connectivity index (χ0v) is 14.3. The lowest BCUT2D eigenvalue weighted by molar-refractivity contribution is 0.0400. The van der Waals surface area contributed by atoms with Crippen molar-refractivity contribution in [1.82, 2.24) is 0 Å². The van der Waals surface area contributed by atoms with Crippen LogP contribution in [0.15, 0.2) is 12.1 Å². The second kappa shape index (κ2) is 7.73. The number of nitrogens with two attached hydrogens (primary N) is 1. The van der Waals surface area contributed by atoms with Gasteiger partial charge in [-0.05, 0) is 23.1 Å². The Balaban J connectivity index is 0.00000400. The minimum absolute atomic E-state index is 0. The van der Waals surface area contributed by atoms with E-state index < -0.39 is 12.1 Å². The van der Waals surface area contributed by atoms with Crippen molar-refractivity contribution < 1.29 is 19.3 Å². The maximum Gasteiger partial charge on any atom is 0.203 e. The van der Waals surface area contributed by atoms with Gasteiger partial charge >= 0.3 is 0 Å². The van der Waals surface area contributed by atoms with Crippen molar-refractivity contribution in [2.45, 2.75) is 32.9 Å². The van der Waals surface area contributed by atoms with Gasteiger partial charge in [-0.2, -0.15) is 0 Å². The molecule has 6 heteroatoms. The van der Waals surface area contributed by atoms with Gasteiger partial charge in [-0.3, -0.25) is 0 Å². The van der Waals surface area contributed by atoms with Gasteiger partial charge < -0.3 is 25.1 Å². The van der Waals surface area contributed by atoms with Crippen LogP contribution in [0.1, 0.15) is 32.4 Å². The SMILES string of the molecule is COc1cc([C@H](N)[C@H](O)C(C)(C)C)cc(OC)c1OC.Cl. The van der Waals surface area contributed by atoms with Crippen molar-refractivity contribution in [2.75, 3.05) is 21.3 Å². The van der Waals surface area contributed by atoms with Crippen molar-refractivity contribution in [3.63, 3.8) is 0 Å². The van der Waals surface area contributed by atoms with Crippen molar-refractivity contribution in [1.29, 1.82) is 0 Å². The molecule has 0 saturated heterocycles. The fourth-order valence-electron chi connectivity index (χ4n) is 2.01. The molecule has 0 heterocycles. The van der Waals surface area contributed by atoms with Crippen molar-refractivity contribution >= 4 is 12.4 Å². The van der Waals surface area contributed by atoms with Crippen LogP contribution in [0.2, 0.25) is 0 Å². The predicted octanol–water partition coefficient (Wildman–Crippen LogP) is 2.54. The van der Waals surface area contributed by atoms with Crippen molar-refractivity contribution in [2.24, 2.45) is 11.1 Å². The van der Waals surface area contributed by atoms with Gasteiger partial charge in [0.05, 0.1) is 33.5 Å². The van der Waals surface area contributed by atoms with Gasteiger partial charge in [0.25, 0.3) is 0 Å². The highest BCUT2D eigenvalue weighted by Gasteiger charge is 2.30. The third-order valence-corrected chi connectivity index (χ3v) is 3.30. The molecule has 0 aliphatic heterocycles. The van der Waals surface area contributed by atoms with Crippen LogP contribution in [0.5, 0.6) is 17.2 Å². The summed E-state index contributed by atoms with van der Waals surface area (Å²) in [6, 6.07) is 2.99. The van der Waals surface area contributed by atoms with Crippen LogP contribution in [0.3, 0.4) is 0 Å². The second-order valence-corrected chi connectivity index (χ2v) is 5.80. The lowest BCUT2D eigenvalue weighted by atomic mass is 9.82. The molecule has 1 aromatic carbocycles. The Hall–Kier alpha value is -1.17. The molecule has 0 fully saturated rings. The van der Waals surface area contributed by atoms with Crippen molar-refractivity contribution in [3.8, 4) is 17.2 Å². The first-order chi connectivity index (χ1) is 9.26. The van der Waals surface area contributed by atoms with E-state index in [0.29, 0.717) is 17.2 Å². The molecule has 21 heavy (non-hydrogen) atoms. The summed E-state index contributed by atoms with van der Waals surface area (Å²) in [4.78, 5) is 0. The quantitative estimate of drug-likeness (QED) is 0.872. The van der Waals surface area contributed by atoms with E-state index in [-0.39, 0.29) is 17.8 Å². The lowest BCUT2D eigenvalue weighted by Crippen LogP contribution is -2.37. The predicted molar refractivity (Wildman–Crippen MR) is 85.7 cm³/mol. The summed E-state index contributed by atoms with van der Waals surface area (Å²) in [6.07, 6.45) is -0.690. The maximum absolute atomic E-state index is 10.3. The summed E-state index contributed by atoms with van der Waals surface area (Å²) in [5, 5.41) is 10.3. The van der Waals surface area contributed by atoms with Crippen LogP contribution in [0.25, 0.3) is 0 Å². The molecule has 122 valence electrons.